The number of rotatable bonds is 6. The number of hydrogen-bond donors (Lipinski definition) is 0. The van der Waals surface area contributed by atoms with Crippen LogP contribution in [-0.4, -0.2) is 32.7 Å². The molecular formula is C27H29F3O4. The maximum atomic E-state index is 15.0. The topological polar surface area (TPSA) is 36.9 Å². The Labute approximate surface area is 197 Å². The third-order valence-corrected chi connectivity index (χ3v) is 6.78. The van der Waals surface area contributed by atoms with Crippen molar-refractivity contribution in [1.29, 1.82) is 0 Å². The molecule has 3 aliphatic heterocycles. The Morgan fingerprint density at radius 1 is 0.912 bits per heavy atom. The van der Waals surface area contributed by atoms with Gasteiger partial charge < -0.3 is 18.9 Å². The summed E-state index contributed by atoms with van der Waals surface area (Å²) >= 11 is 0. The fraction of sp³-hybridized carbons (Fsp3) is 0.481. The Morgan fingerprint density at radius 2 is 1.74 bits per heavy atom. The molecule has 3 heterocycles. The lowest BCUT2D eigenvalue weighted by Gasteiger charge is -2.33. The van der Waals surface area contributed by atoms with Crippen molar-refractivity contribution in [2.75, 3.05) is 26.4 Å². The first-order chi connectivity index (χ1) is 16.5. The molecule has 0 bridgehead atoms. The van der Waals surface area contributed by atoms with Gasteiger partial charge in [0.2, 0.25) is 0 Å². The van der Waals surface area contributed by atoms with Gasteiger partial charge in [-0.25, -0.2) is 13.2 Å². The Kier molecular flexibility index (Phi) is 6.84. The molecule has 1 fully saturated rings. The van der Waals surface area contributed by atoms with E-state index in [0.717, 1.165) is 30.2 Å². The summed E-state index contributed by atoms with van der Waals surface area (Å²) in [7, 11) is 0. The summed E-state index contributed by atoms with van der Waals surface area (Å²) in [5.41, 5.74) is 2.37. The van der Waals surface area contributed by atoms with Crippen molar-refractivity contribution in [1.82, 2.24) is 0 Å². The average molecular weight is 475 g/mol. The summed E-state index contributed by atoms with van der Waals surface area (Å²) in [6, 6.07) is 5.38. The van der Waals surface area contributed by atoms with Crippen molar-refractivity contribution in [2.45, 2.75) is 51.2 Å². The first kappa shape index (κ1) is 23.2. The van der Waals surface area contributed by atoms with Crippen LogP contribution in [0.5, 0.6) is 11.5 Å². The van der Waals surface area contributed by atoms with Crippen LogP contribution in [0.25, 0.3) is 6.08 Å². The van der Waals surface area contributed by atoms with Crippen LogP contribution >= 0.6 is 0 Å². The number of benzene rings is 2. The molecule has 0 aliphatic carbocycles. The van der Waals surface area contributed by atoms with Crippen molar-refractivity contribution < 1.29 is 32.1 Å². The number of fused-ring (bicyclic) bond motifs is 2. The third kappa shape index (κ3) is 4.82. The highest BCUT2D eigenvalue weighted by molar-refractivity contribution is 5.63. The summed E-state index contributed by atoms with van der Waals surface area (Å²) in [6.07, 6.45) is 6.43. The van der Waals surface area contributed by atoms with Crippen LogP contribution in [0.2, 0.25) is 0 Å². The van der Waals surface area contributed by atoms with Crippen molar-refractivity contribution in [3.63, 3.8) is 0 Å². The highest BCUT2D eigenvalue weighted by Gasteiger charge is 2.31. The predicted molar refractivity (Wildman–Crippen MR) is 121 cm³/mol. The largest absolute Gasteiger partial charge is 0.493 e. The molecule has 7 heteroatoms. The Hall–Kier alpha value is -2.51. The molecule has 2 aromatic carbocycles. The van der Waals surface area contributed by atoms with Crippen molar-refractivity contribution in [3.05, 3.63) is 64.0 Å². The van der Waals surface area contributed by atoms with E-state index in [9.17, 15) is 8.78 Å². The summed E-state index contributed by atoms with van der Waals surface area (Å²) in [6.45, 7) is 3.43. The van der Waals surface area contributed by atoms with Crippen LogP contribution in [-0.2, 0) is 15.9 Å². The maximum Gasteiger partial charge on any atom is 0.183 e. The van der Waals surface area contributed by atoms with Gasteiger partial charge in [-0.15, -0.1) is 0 Å². The predicted octanol–water partition coefficient (Wildman–Crippen LogP) is 6.17. The summed E-state index contributed by atoms with van der Waals surface area (Å²) < 4.78 is 65.7. The van der Waals surface area contributed by atoms with E-state index >= 15 is 4.39 Å². The van der Waals surface area contributed by atoms with E-state index in [-0.39, 0.29) is 37.3 Å². The van der Waals surface area contributed by atoms with E-state index in [1.807, 2.05) is 0 Å². The lowest BCUT2D eigenvalue weighted by Crippen LogP contribution is -2.35. The second-order valence-corrected chi connectivity index (χ2v) is 9.37. The van der Waals surface area contributed by atoms with E-state index < -0.39 is 17.9 Å². The molecule has 0 N–H and O–H groups in total. The molecule has 5 rings (SSSR count). The summed E-state index contributed by atoms with van der Waals surface area (Å²) in [4.78, 5) is 0. The van der Waals surface area contributed by atoms with Gasteiger partial charge in [-0.1, -0.05) is 26.2 Å². The lowest BCUT2D eigenvalue weighted by molar-refractivity contribution is -0.168. The van der Waals surface area contributed by atoms with Gasteiger partial charge in [-0.3, -0.25) is 0 Å². The fourth-order valence-electron chi connectivity index (χ4n) is 4.93. The van der Waals surface area contributed by atoms with E-state index in [1.54, 1.807) is 18.2 Å². The number of unbranched alkanes of at least 4 members (excludes halogenated alkanes) is 2. The van der Waals surface area contributed by atoms with Crippen LogP contribution in [0.4, 0.5) is 13.2 Å². The molecule has 2 aromatic rings. The molecule has 0 unspecified atom stereocenters. The second kappa shape index (κ2) is 10.0. The van der Waals surface area contributed by atoms with Crippen molar-refractivity contribution >= 4 is 6.08 Å². The standard InChI is InChI=1S/C27H29F3O4/c1-2-3-4-5-16-6-17-9-23(29)22(11-25(17)31-12-16)20-14-33-27(34-15-20)19-7-18-8-21(28)10-24(30)26(18)32-13-19/h7-11,16,20,27H,2-6,12-15H2,1H3/t16-,20?,27?/m1/s1. The van der Waals surface area contributed by atoms with Gasteiger partial charge >= 0.3 is 0 Å². The first-order valence-corrected chi connectivity index (χ1v) is 12.0. The monoisotopic (exact) mass is 474 g/mol. The van der Waals surface area contributed by atoms with Crippen molar-refractivity contribution in [3.8, 4) is 11.5 Å². The zero-order valence-electron chi connectivity index (χ0n) is 19.2. The molecule has 0 amide bonds. The SMILES string of the molecule is CCCCC[C@H]1COc2cc(C3COC(C4=Cc5cc(F)cc(F)c5OC4)OC3)c(F)cc2C1. The van der Waals surface area contributed by atoms with Gasteiger partial charge in [-0.05, 0) is 54.2 Å². The minimum absolute atomic E-state index is 0.0163. The van der Waals surface area contributed by atoms with Gasteiger partial charge in [0.05, 0.1) is 19.8 Å². The smallest absolute Gasteiger partial charge is 0.183 e. The van der Waals surface area contributed by atoms with Crippen LogP contribution in [0.15, 0.2) is 29.8 Å². The molecule has 1 atom stereocenters. The summed E-state index contributed by atoms with van der Waals surface area (Å²) in [5.74, 6) is -0.776. The van der Waals surface area contributed by atoms with E-state index in [4.69, 9.17) is 18.9 Å². The number of hydrogen-bond acceptors (Lipinski definition) is 4. The molecule has 0 spiro atoms. The normalized spacial score (nSPS) is 23.9. The van der Waals surface area contributed by atoms with Gasteiger partial charge in [-0.2, -0.15) is 0 Å². The number of halogens is 3. The van der Waals surface area contributed by atoms with Crippen LogP contribution in [0.3, 0.4) is 0 Å². The highest BCUT2D eigenvalue weighted by atomic mass is 19.1. The van der Waals surface area contributed by atoms with Gasteiger partial charge in [0.15, 0.2) is 17.9 Å². The molecule has 0 radical (unpaired) electrons. The average Bonchev–Trinajstić information content (AvgIpc) is 2.83. The first-order valence-electron chi connectivity index (χ1n) is 12.0. The van der Waals surface area contributed by atoms with E-state index in [0.29, 0.717) is 29.2 Å². The number of ether oxygens (including phenoxy) is 4. The van der Waals surface area contributed by atoms with E-state index in [1.165, 1.54) is 25.3 Å². The minimum Gasteiger partial charge on any atom is -0.493 e. The van der Waals surface area contributed by atoms with Gasteiger partial charge in [0.25, 0.3) is 0 Å². The molecule has 182 valence electrons. The zero-order valence-corrected chi connectivity index (χ0v) is 19.2. The molecule has 0 aromatic heterocycles. The second-order valence-electron chi connectivity index (χ2n) is 9.37. The summed E-state index contributed by atoms with van der Waals surface area (Å²) in [5, 5.41) is 0. The van der Waals surface area contributed by atoms with Crippen molar-refractivity contribution in [2.24, 2.45) is 5.92 Å². The molecular weight excluding hydrogens is 445 g/mol. The third-order valence-electron chi connectivity index (χ3n) is 6.78. The lowest BCUT2D eigenvalue weighted by atomic mass is 9.89. The Balaban J connectivity index is 1.24. The van der Waals surface area contributed by atoms with Crippen LogP contribution in [0.1, 0.15) is 55.2 Å². The molecule has 1 saturated heterocycles. The van der Waals surface area contributed by atoms with Crippen LogP contribution in [0, 0.1) is 23.4 Å². The Morgan fingerprint density at radius 3 is 2.53 bits per heavy atom. The maximum absolute atomic E-state index is 15.0. The van der Waals surface area contributed by atoms with Gasteiger partial charge in [0, 0.05) is 23.1 Å². The molecule has 34 heavy (non-hydrogen) atoms. The van der Waals surface area contributed by atoms with Crippen LogP contribution < -0.4 is 9.47 Å². The Bertz CT molecular complexity index is 1080. The fourth-order valence-corrected chi connectivity index (χ4v) is 4.93. The minimum atomic E-state index is -0.742. The highest BCUT2D eigenvalue weighted by Crippen LogP contribution is 2.37. The van der Waals surface area contributed by atoms with Gasteiger partial charge in [0.1, 0.15) is 24.0 Å². The quantitative estimate of drug-likeness (QED) is 0.470. The molecule has 3 aliphatic rings. The molecule has 4 nitrogen and oxygen atoms in total. The zero-order chi connectivity index (χ0) is 23.7. The van der Waals surface area contributed by atoms with E-state index in [2.05, 4.69) is 6.92 Å². The molecule has 0 saturated carbocycles.